The van der Waals surface area contributed by atoms with Crippen LogP contribution in [0.4, 0.5) is 0 Å². The topological polar surface area (TPSA) is 20.3 Å². The maximum Gasteiger partial charge on any atom is 0.254 e. The molecule has 0 aromatic heterocycles. The molecule has 0 aliphatic heterocycles. The average Bonchev–Trinajstić information content (AvgIpc) is 2.22. The Bertz CT molecular complexity index is 431. The summed E-state index contributed by atoms with van der Waals surface area (Å²) < 4.78 is 0.945. The molecule has 17 heavy (non-hydrogen) atoms. The molecular weight excluding hydrogens is 298 g/mol. The van der Waals surface area contributed by atoms with Gasteiger partial charge in [0, 0.05) is 23.0 Å². The van der Waals surface area contributed by atoms with E-state index in [0.717, 1.165) is 15.9 Å². The van der Waals surface area contributed by atoms with Gasteiger partial charge in [0.05, 0.1) is 5.56 Å². The number of thiol groups is 1. The van der Waals surface area contributed by atoms with Crippen LogP contribution in [0.3, 0.4) is 0 Å². The molecule has 2 nitrogen and oxygen atoms in total. The van der Waals surface area contributed by atoms with E-state index < -0.39 is 0 Å². The molecule has 1 aromatic carbocycles. The number of amides is 1. The first kappa shape index (κ1) is 13.0. The number of hydrogen-bond donors (Lipinski definition) is 1. The van der Waals surface area contributed by atoms with E-state index in [1.54, 1.807) is 0 Å². The van der Waals surface area contributed by atoms with Gasteiger partial charge in [0.2, 0.25) is 0 Å². The van der Waals surface area contributed by atoms with Crippen LogP contribution in [0.2, 0.25) is 0 Å². The van der Waals surface area contributed by atoms with Gasteiger partial charge in [-0.2, -0.15) is 0 Å². The van der Waals surface area contributed by atoms with E-state index >= 15 is 0 Å². The van der Waals surface area contributed by atoms with Crippen molar-refractivity contribution in [2.75, 3.05) is 13.6 Å². The molecule has 0 saturated heterocycles. The van der Waals surface area contributed by atoms with Gasteiger partial charge in [-0.05, 0) is 37.0 Å². The van der Waals surface area contributed by atoms with Gasteiger partial charge < -0.3 is 4.90 Å². The molecule has 92 valence electrons. The van der Waals surface area contributed by atoms with Gasteiger partial charge in [-0.15, -0.1) is 12.6 Å². The summed E-state index contributed by atoms with van der Waals surface area (Å²) in [7, 11) is 1.87. The summed E-state index contributed by atoms with van der Waals surface area (Å²) in [5, 5.41) is 0. The van der Waals surface area contributed by atoms with Crippen LogP contribution >= 0.6 is 28.6 Å². The Morgan fingerprint density at radius 2 is 2.24 bits per heavy atom. The average molecular weight is 314 g/mol. The fraction of sp³-hybridized carbons (Fsp3) is 0.462. The fourth-order valence-electron chi connectivity index (χ4n) is 2.04. The highest BCUT2D eigenvalue weighted by atomic mass is 79.9. The highest BCUT2D eigenvalue weighted by Crippen LogP contribution is 2.28. The lowest BCUT2D eigenvalue weighted by molar-refractivity contribution is 0.0742. The first-order valence-corrected chi connectivity index (χ1v) is 7.06. The number of rotatable bonds is 3. The first-order chi connectivity index (χ1) is 8.08. The Balaban J connectivity index is 2.07. The zero-order valence-electron chi connectivity index (χ0n) is 9.82. The largest absolute Gasteiger partial charge is 0.341 e. The zero-order chi connectivity index (χ0) is 12.4. The third-order valence-electron chi connectivity index (χ3n) is 3.29. The van der Waals surface area contributed by atoms with E-state index in [2.05, 4.69) is 28.6 Å². The van der Waals surface area contributed by atoms with Crippen molar-refractivity contribution in [3.8, 4) is 0 Å². The van der Waals surface area contributed by atoms with E-state index in [0.29, 0.717) is 11.5 Å². The van der Waals surface area contributed by atoms with Crippen LogP contribution in [-0.4, -0.2) is 24.4 Å². The van der Waals surface area contributed by atoms with Crippen LogP contribution < -0.4 is 0 Å². The summed E-state index contributed by atoms with van der Waals surface area (Å²) in [6.07, 6.45) is 3.82. The normalized spacial score (nSPS) is 15.5. The van der Waals surface area contributed by atoms with Gasteiger partial charge in [-0.25, -0.2) is 0 Å². The number of hydrogen-bond acceptors (Lipinski definition) is 2. The Kier molecular flexibility index (Phi) is 4.15. The van der Waals surface area contributed by atoms with Crippen LogP contribution in [0, 0.1) is 5.92 Å². The maximum absolute atomic E-state index is 12.2. The van der Waals surface area contributed by atoms with Crippen molar-refractivity contribution < 1.29 is 4.79 Å². The van der Waals surface area contributed by atoms with Gasteiger partial charge in [0.25, 0.3) is 5.91 Å². The molecular formula is C13H16BrNOS. The predicted molar refractivity (Wildman–Crippen MR) is 75.7 cm³/mol. The Morgan fingerprint density at radius 1 is 1.53 bits per heavy atom. The number of carbonyl (C=O) groups is 1. The molecule has 0 radical (unpaired) electrons. The second-order valence-electron chi connectivity index (χ2n) is 4.64. The molecule has 1 fully saturated rings. The number of halogens is 1. The standard InChI is InChI=1S/C13H16BrNOS/c1-15(8-9-3-2-4-9)13(16)11-6-5-10(14)7-12(11)17/h5-7,9,17H,2-4,8H2,1H3. The van der Waals surface area contributed by atoms with Crippen molar-refractivity contribution in [2.45, 2.75) is 24.2 Å². The molecule has 0 N–H and O–H groups in total. The van der Waals surface area contributed by atoms with Crippen LogP contribution in [0.25, 0.3) is 0 Å². The van der Waals surface area contributed by atoms with E-state index in [1.165, 1.54) is 19.3 Å². The van der Waals surface area contributed by atoms with Gasteiger partial charge >= 0.3 is 0 Å². The predicted octanol–water partition coefficient (Wildman–Crippen LogP) is 3.61. The van der Waals surface area contributed by atoms with E-state index in [9.17, 15) is 4.79 Å². The van der Waals surface area contributed by atoms with Crippen molar-refractivity contribution in [3.05, 3.63) is 28.2 Å². The SMILES string of the molecule is CN(CC1CCC1)C(=O)c1ccc(Br)cc1S. The van der Waals surface area contributed by atoms with Gasteiger partial charge in [-0.1, -0.05) is 22.4 Å². The van der Waals surface area contributed by atoms with Crippen LogP contribution in [-0.2, 0) is 0 Å². The third-order valence-corrected chi connectivity index (χ3v) is 4.16. The van der Waals surface area contributed by atoms with Crippen molar-refractivity contribution in [1.82, 2.24) is 4.90 Å². The lowest BCUT2D eigenvalue weighted by Gasteiger charge is -2.30. The molecule has 0 atom stereocenters. The molecule has 2 rings (SSSR count). The third kappa shape index (κ3) is 3.05. The molecule has 1 saturated carbocycles. The number of carbonyl (C=O) groups excluding carboxylic acids is 1. The highest BCUT2D eigenvalue weighted by molar-refractivity contribution is 9.10. The Labute approximate surface area is 116 Å². The Morgan fingerprint density at radius 3 is 2.76 bits per heavy atom. The maximum atomic E-state index is 12.2. The minimum atomic E-state index is 0.0643. The first-order valence-electron chi connectivity index (χ1n) is 5.82. The van der Waals surface area contributed by atoms with Crippen molar-refractivity contribution >= 4 is 34.5 Å². The number of benzene rings is 1. The monoisotopic (exact) mass is 313 g/mol. The van der Waals surface area contributed by atoms with Gasteiger partial charge in [-0.3, -0.25) is 4.79 Å². The van der Waals surface area contributed by atoms with E-state index in [4.69, 9.17) is 0 Å². The lowest BCUT2D eigenvalue weighted by atomic mass is 9.85. The molecule has 1 aliphatic carbocycles. The second-order valence-corrected chi connectivity index (χ2v) is 6.04. The number of nitrogens with zero attached hydrogens (tertiary/aromatic N) is 1. The van der Waals surface area contributed by atoms with Crippen LogP contribution in [0.5, 0.6) is 0 Å². The van der Waals surface area contributed by atoms with Gasteiger partial charge in [0.15, 0.2) is 0 Å². The van der Waals surface area contributed by atoms with E-state index in [-0.39, 0.29) is 5.91 Å². The summed E-state index contributed by atoms with van der Waals surface area (Å²) in [6.45, 7) is 0.863. The summed E-state index contributed by atoms with van der Waals surface area (Å²) in [5.41, 5.74) is 0.679. The summed E-state index contributed by atoms with van der Waals surface area (Å²) >= 11 is 7.72. The molecule has 0 bridgehead atoms. The highest BCUT2D eigenvalue weighted by Gasteiger charge is 2.22. The summed E-state index contributed by atoms with van der Waals surface area (Å²) in [5.74, 6) is 0.761. The molecule has 0 heterocycles. The smallest absolute Gasteiger partial charge is 0.254 e. The minimum Gasteiger partial charge on any atom is -0.341 e. The van der Waals surface area contributed by atoms with Crippen molar-refractivity contribution in [3.63, 3.8) is 0 Å². The van der Waals surface area contributed by atoms with Crippen LogP contribution in [0.15, 0.2) is 27.6 Å². The van der Waals surface area contributed by atoms with Gasteiger partial charge in [0.1, 0.15) is 0 Å². The second kappa shape index (κ2) is 5.44. The van der Waals surface area contributed by atoms with Crippen molar-refractivity contribution in [1.29, 1.82) is 0 Å². The molecule has 0 unspecified atom stereocenters. The summed E-state index contributed by atoms with van der Waals surface area (Å²) in [4.78, 5) is 14.8. The van der Waals surface area contributed by atoms with Crippen LogP contribution in [0.1, 0.15) is 29.6 Å². The molecule has 1 aliphatic rings. The quantitative estimate of drug-likeness (QED) is 0.845. The lowest BCUT2D eigenvalue weighted by Crippen LogP contribution is -2.34. The molecule has 1 aromatic rings. The zero-order valence-corrected chi connectivity index (χ0v) is 12.3. The van der Waals surface area contributed by atoms with E-state index in [1.807, 2.05) is 30.1 Å². The Hall–Kier alpha value is -0.480. The summed E-state index contributed by atoms with van der Waals surface area (Å²) in [6, 6.07) is 5.56. The molecule has 1 amide bonds. The molecule has 4 heteroatoms. The minimum absolute atomic E-state index is 0.0643. The fourth-order valence-corrected chi connectivity index (χ4v) is 2.88. The van der Waals surface area contributed by atoms with Crippen molar-refractivity contribution in [2.24, 2.45) is 5.92 Å². The molecule has 0 spiro atoms.